The van der Waals surface area contributed by atoms with E-state index in [2.05, 4.69) is 16.9 Å². The Morgan fingerprint density at radius 2 is 1.89 bits per heavy atom. The number of hydrogen-bond donors (Lipinski definition) is 0. The Morgan fingerprint density at radius 1 is 1.18 bits per heavy atom. The number of imidazole rings is 1. The monoisotopic (exact) mass is 398 g/mol. The van der Waals surface area contributed by atoms with Crippen molar-refractivity contribution in [1.82, 2.24) is 9.55 Å². The summed E-state index contributed by atoms with van der Waals surface area (Å²) in [7, 11) is -0.144. The zero-order chi connectivity index (χ0) is 20.3. The first-order valence-corrected chi connectivity index (χ1v) is 10.8. The summed E-state index contributed by atoms with van der Waals surface area (Å²) < 4.78 is 29.3. The molecule has 1 aromatic heterocycles. The molecule has 0 spiro atoms. The number of fused-ring (bicyclic) bond motifs is 1. The molecule has 148 valence electrons. The summed E-state index contributed by atoms with van der Waals surface area (Å²) in [5.41, 5.74) is 3.33. The number of hydrogen-bond acceptors (Lipinski definition) is 4. The van der Waals surface area contributed by atoms with E-state index in [0.717, 1.165) is 23.5 Å². The Morgan fingerprint density at radius 3 is 2.57 bits per heavy atom. The maximum absolute atomic E-state index is 13.0. The lowest BCUT2D eigenvalue weighted by molar-refractivity contribution is 0.594. The predicted molar refractivity (Wildman–Crippen MR) is 115 cm³/mol. The molecule has 0 aliphatic carbocycles. The molecule has 0 atom stereocenters. The molecular formula is C21H26N4O2S. The SMILES string of the molecule is CCC(C)=NCCc1nc2cc(S(=O)(=O)N(C)c3ccccc3)ccc2n1C. The van der Waals surface area contributed by atoms with E-state index in [1.54, 1.807) is 31.3 Å². The summed E-state index contributed by atoms with van der Waals surface area (Å²) in [4.78, 5) is 9.41. The Balaban J connectivity index is 1.92. The third-order valence-corrected chi connectivity index (χ3v) is 6.73. The van der Waals surface area contributed by atoms with Crippen LogP contribution in [0.4, 0.5) is 5.69 Å². The second-order valence-electron chi connectivity index (χ2n) is 6.77. The van der Waals surface area contributed by atoms with E-state index in [0.29, 0.717) is 24.2 Å². The van der Waals surface area contributed by atoms with Crippen molar-refractivity contribution in [2.24, 2.45) is 12.0 Å². The summed E-state index contributed by atoms with van der Waals surface area (Å²) in [6, 6.07) is 14.1. The molecule has 2 aromatic carbocycles. The lowest BCUT2D eigenvalue weighted by Gasteiger charge is -2.19. The molecule has 6 nitrogen and oxygen atoms in total. The highest BCUT2D eigenvalue weighted by molar-refractivity contribution is 7.92. The maximum atomic E-state index is 13.0. The number of anilines is 1. The van der Waals surface area contributed by atoms with Crippen molar-refractivity contribution in [1.29, 1.82) is 0 Å². The van der Waals surface area contributed by atoms with Crippen molar-refractivity contribution in [2.45, 2.75) is 31.6 Å². The second kappa shape index (κ2) is 8.14. The van der Waals surface area contributed by atoms with Gasteiger partial charge in [-0.3, -0.25) is 9.30 Å². The molecule has 3 aromatic rings. The topological polar surface area (TPSA) is 67.6 Å². The highest BCUT2D eigenvalue weighted by atomic mass is 32.2. The first-order chi connectivity index (χ1) is 13.3. The molecule has 3 rings (SSSR count). The molecule has 0 saturated heterocycles. The first-order valence-electron chi connectivity index (χ1n) is 9.34. The van der Waals surface area contributed by atoms with Crippen LogP contribution in [0, 0.1) is 0 Å². The number of aliphatic imine (C=N–C) groups is 1. The van der Waals surface area contributed by atoms with Crippen molar-refractivity contribution >= 4 is 32.5 Å². The Labute approximate surface area is 166 Å². The van der Waals surface area contributed by atoms with Crippen LogP contribution in [-0.2, 0) is 23.5 Å². The van der Waals surface area contributed by atoms with Crippen LogP contribution < -0.4 is 4.31 Å². The standard InChI is InChI=1S/C21H26N4O2S/c1-5-16(2)22-14-13-21-23-19-15-18(11-12-20(19)24(21)3)28(26,27)25(4)17-9-7-6-8-10-17/h6-12,15H,5,13-14H2,1-4H3. The minimum Gasteiger partial charge on any atom is -0.331 e. The third-order valence-electron chi connectivity index (χ3n) is 4.95. The van der Waals surface area contributed by atoms with Gasteiger partial charge < -0.3 is 4.57 Å². The molecule has 0 N–H and O–H groups in total. The molecule has 0 fully saturated rings. The van der Waals surface area contributed by atoms with Crippen LogP contribution in [0.25, 0.3) is 11.0 Å². The van der Waals surface area contributed by atoms with Crippen LogP contribution >= 0.6 is 0 Å². The molecule has 0 aliphatic rings. The molecule has 28 heavy (non-hydrogen) atoms. The zero-order valence-electron chi connectivity index (χ0n) is 16.8. The van der Waals surface area contributed by atoms with Crippen LogP contribution in [-0.4, -0.2) is 37.3 Å². The van der Waals surface area contributed by atoms with E-state index in [9.17, 15) is 8.42 Å². The van der Waals surface area contributed by atoms with Gasteiger partial charge in [0, 0.05) is 32.8 Å². The number of rotatable bonds is 7. The van der Waals surface area contributed by atoms with Crippen molar-refractivity contribution in [3.8, 4) is 0 Å². The lowest BCUT2D eigenvalue weighted by atomic mass is 10.3. The van der Waals surface area contributed by atoms with E-state index >= 15 is 0 Å². The summed E-state index contributed by atoms with van der Waals surface area (Å²) in [5, 5.41) is 0. The quantitative estimate of drug-likeness (QED) is 0.568. The van der Waals surface area contributed by atoms with Gasteiger partial charge in [-0.05, 0) is 43.7 Å². The van der Waals surface area contributed by atoms with Gasteiger partial charge in [-0.1, -0.05) is 25.1 Å². The minimum absolute atomic E-state index is 0.232. The highest BCUT2D eigenvalue weighted by Gasteiger charge is 2.22. The van der Waals surface area contributed by atoms with Gasteiger partial charge in [0.25, 0.3) is 10.0 Å². The Bertz CT molecular complexity index is 1100. The van der Waals surface area contributed by atoms with Crippen LogP contribution in [0.2, 0.25) is 0 Å². The average molecular weight is 399 g/mol. The third kappa shape index (κ3) is 3.94. The molecular weight excluding hydrogens is 372 g/mol. The predicted octanol–water partition coefficient (Wildman–Crippen LogP) is 3.81. The number of benzene rings is 2. The highest BCUT2D eigenvalue weighted by Crippen LogP contribution is 2.25. The molecule has 0 bridgehead atoms. The summed E-state index contributed by atoms with van der Waals surface area (Å²) in [6.45, 7) is 4.79. The van der Waals surface area contributed by atoms with Crippen LogP contribution in [0.5, 0.6) is 0 Å². The van der Waals surface area contributed by atoms with E-state index in [1.807, 2.05) is 42.8 Å². The van der Waals surface area contributed by atoms with Crippen molar-refractivity contribution < 1.29 is 8.42 Å². The van der Waals surface area contributed by atoms with E-state index in [-0.39, 0.29) is 4.90 Å². The number of aromatic nitrogens is 2. The number of aryl methyl sites for hydroxylation is 1. The molecule has 7 heteroatoms. The van der Waals surface area contributed by atoms with Gasteiger partial charge in [-0.15, -0.1) is 0 Å². The van der Waals surface area contributed by atoms with Gasteiger partial charge in [0.15, 0.2) is 0 Å². The van der Waals surface area contributed by atoms with E-state index in [4.69, 9.17) is 0 Å². The molecule has 0 radical (unpaired) electrons. The van der Waals surface area contributed by atoms with Gasteiger partial charge in [-0.2, -0.15) is 0 Å². The van der Waals surface area contributed by atoms with Crippen LogP contribution in [0.15, 0.2) is 58.4 Å². The molecule has 1 heterocycles. The smallest absolute Gasteiger partial charge is 0.264 e. The van der Waals surface area contributed by atoms with Crippen molar-refractivity contribution in [2.75, 3.05) is 17.9 Å². The van der Waals surface area contributed by atoms with E-state index < -0.39 is 10.0 Å². The first kappa shape index (κ1) is 20.1. The van der Waals surface area contributed by atoms with Crippen LogP contribution in [0.1, 0.15) is 26.1 Å². The lowest BCUT2D eigenvalue weighted by Crippen LogP contribution is -2.26. The fourth-order valence-electron chi connectivity index (χ4n) is 3.01. The fourth-order valence-corrected chi connectivity index (χ4v) is 4.22. The number of sulfonamides is 1. The number of para-hydroxylation sites is 1. The normalized spacial score (nSPS) is 12.5. The van der Waals surface area contributed by atoms with Gasteiger partial charge >= 0.3 is 0 Å². The molecule has 0 aliphatic heterocycles. The summed E-state index contributed by atoms with van der Waals surface area (Å²) in [5.74, 6) is 0.897. The molecule has 0 saturated carbocycles. The van der Waals surface area contributed by atoms with Crippen molar-refractivity contribution in [3.05, 3.63) is 54.4 Å². The van der Waals surface area contributed by atoms with Gasteiger partial charge in [0.1, 0.15) is 5.82 Å². The fraction of sp³-hybridized carbons (Fsp3) is 0.333. The van der Waals surface area contributed by atoms with E-state index in [1.165, 1.54) is 4.31 Å². The summed E-state index contributed by atoms with van der Waals surface area (Å²) in [6.07, 6.45) is 1.66. The Hall–Kier alpha value is -2.67. The largest absolute Gasteiger partial charge is 0.331 e. The summed E-state index contributed by atoms with van der Waals surface area (Å²) >= 11 is 0. The maximum Gasteiger partial charge on any atom is 0.264 e. The minimum atomic E-state index is -3.66. The average Bonchev–Trinajstić information content (AvgIpc) is 3.03. The molecule has 0 unspecified atom stereocenters. The molecule has 0 amide bonds. The van der Waals surface area contributed by atoms with Crippen molar-refractivity contribution in [3.63, 3.8) is 0 Å². The second-order valence-corrected chi connectivity index (χ2v) is 8.74. The van der Waals surface area contributed by atoms with Gasteiger partial charge in [0.05, 0.1) is 21.6 Å². The van der Waals surface area contributed by atoms with Gasteiger partial charge in [0.2, 0.25) is 0 Å². The Kier molecular flexibility index (Phi) is 5.84. The zero-order valence-corrected chi connectivity index (χ0v) is 17.6. The number of nitrogens with zero attached hydrogens (tertiary/aromatic N) is 4. The van der Waals surface area contributed by atoms with Crippen LogP contribution in [0.3, 0.4) is 0 Å². The van der Waals surface area contributed by atoms with Gasteiger partial charge in [-0.25, -0.2) is 13.4 Å².